The van der Waals surface area contributed by atoms with E-state index in [0.29, 0.717) is 0 Å². The van der Waals surface area contributed by atoms with Crippen LogP contribution in [0.4, 0.5) is 0 Å². The minimum absolute atomic E-state index is 0.0833. The SMILES string of the molecule is CCC(CO)c1nc(-c2ccccc2Br)c(C)[nH]1. The van der Waals surface area contributed by atoms with Gasteiger partial charge in [0.25, 0.3) is 0 Å². The van der Waals surface area contributed by atoms with E-state index < -0.39 is 0 Å². The van der Waals surface area contributed by atoms with Gasteiger partial charge in [-0.05, 0) is 19.4 Å². The van der Waals surface area contributed by atoms with Gasteiger partial charge in [-0.25, -0.2) is 4.98 Å². The predicted octanol–water partition coefficient (Wildman–Crippen LogP) is 3.63. The number of rotatable bonds is 4. The third-order valence-corrected chi connectivity index (χ3v) is 3.82. The summed E-state index contributed by atoms with van der Waals surface area (Å²) in [7, 11) is 0. The Bertz CT molecular complexity index is 532. The summed E-state index contributed by atoms with van der Waals surface area (Å²) >= 11 is 3.54. The lowest BCUT2D eigenvalue weighted by atomic mass is 10.1. The average molecular weight is 309 g/mol. The van der Waals surface area contributed by atoms with Crippen molar-refractivity contribution in [1.82, 2.24) is 9.97 Å². The molecule has 0 saturated carbocycles. The van der Waals surface area contributed by atoms with Gasteiger partial charge in [0.1, 0.15) is 5.82 Å². The maximum Gasteiger partial charge on any atom is 0.112 e. The van der Waals surface area contributed by atoms with Crippen molar-refractivity contribution in [2.75, 3.05) is 6.61 Å². The van der Waals surface area contributed by atoms with E-state index in [2.05, 4.69) is 32.8 Å². The van der Waals surface area contributed by atoms with Crippen molar-refractivity contribution in [2.45, 2.75) is 26.2 Å². The first-order valence-electron chi connectivity index (χ1n) is 6.09. The van der Waals surface area contributed by atoms with Crippen LogP contribution in [-0.2, 0) is 0 Å². The molecule has 1 atom stereocenters. The van der Waals surface area contributed by atoms with Crippen LogP contribution < -0.4 is 0 Å². The first-order chi connectivity index (χ1) is 8.67. The number of aliphatic hydroxyl groups is 1. The zero-order chi connectivity index (χ0) is 13.1. The molecule has 0 aliphatic carbocycles. The van der Waals surface area contributed by atoms with E-state index in [9.17, 15) is 5.11 Å². The smallest absolute Gasteiger partial charge is 0.112 e. The molecule has 0 radical (unpaired) electrons. The Morgan fingerprint density at radius 3 is 2.72 bits per heavy atom. The van der Waals surface area contributed by atoms with Gasteiger partial charge in [0.15, 0.2) is 0 Å². The third kappa shape index (κ3) is 2.49. The van der Waals surface area contributed by atoms with Crippen LogP contribution >= 0.6 is 15.9 Å². The summed E-state index contributed by atoms with van der Waals surface area (Å²) in [6.45, 7) is 4.19. The molecule has 2 rings (SSSR count). The van der Waals surface area contributed by atoms with Crippen molar-refractivity contribution in [2.24, 2.45) is 0 Å². The first kappa shape index (κ1) is 13.3. The zero-order valence-electron chi connectivity index (χ0n) is 10.6. The number of hydrogen-bond donors (Lipinski definition) is 2. The van der Waals surface area contributed by atoms with E-state index in [1.54, 1.807) is 0 Å². The number of aliphatic hydroxyl groups excluding tert-OH is 1. The molecule has 1 heterocycles. The molecule has 96 valence electrons. The molecule has 3 nitrogen and oxygen atoms in total. The maximum absolute atomic E-state index is 9.34. The fourth-order valence-corrected chi connectivity index (χ4v) is 2.47. The van der Waals surface area contributed by atoms with Crippen LogP contribution in [0.5, 0.6) is 0 Å². The van der Waals surface area contributed by atoms with Crippen LogP contribution in [-0.4, -0.2) is 21.7 Å². The van der Waals surface area contributed by atoms with Crippen LogP contribution in [0.2, 0.25) is 0 Å². The molecular weight excluding hydrogens is 292 g/mol. The Labute approximate surface area is 115 Å². The number of H-pyrrole nitrogens is 1. The molecule has 2 N–H and O–H groups in total. The van der Waals surface area contributed by atoms with Crippen molar-refractivity contribution in [1.29, 1.82) is 0 Å². The first-order valence-corrected chi connectivity index (χ1v) is 6.89. The molecule has 0 saturated heterocycles. The summed E-state index contributed by atoms with van der Waals surface area (Å²) in [6, 6.07) is 8.03. The Morgan fingerprint density at radius 2 is 2.11 bits per heavy atom. The quantitative estimate of drug-likeness (QED) is 0.906. The van der Waals surface area contributed by atoms with E-state index >= 15 is 0 Å². The van der Waals surface area contributed by atoms with Crippen LogP contribution in [0.15, 0.2) is 28.7 Å². The van der Waals surface area contributed by atoms with Gasteiger partial charge in [0.05, 0.1) is 12.3 Å². The van der Waals surface area contributed by atoms with Gasteiger partial charge in [-0.1, -0.05) is 41.1 Å². The summed E-state index contributed by atoms with van der Waals surface area (Å²) in [5.74, 6) is 0.947. The van der Waals surface area contributed by atoms with E-state index in [4.69, 9.17) is 0 Å². The largest absolute Gasteiger partial charge is 0.396 e. The molecule has 1 aromatic heterocycles. The summed E-state index contributed by atoms with van der Waals surface area (Å²) in [5, 5.41) is 9.34. The lowest BCUT2D eigenvalue weighted by Crippen LogP contribution is -2.04. The van der Waals surface area contributed by atoms with E-state index in [1.807, 2.05) is 31.2 Å². The highest BCUT2D eigenvalue weighted by atomic mass is 79.9. The van der Waals surface area contributed by atoms with Crippen LogP contribution in [0.3, 0.4) is 0 Å². The van der Waals surface area contributed by atoms with Gasteiger partial charge in [0.2, 0.25) is 0 Å². The molecule has 0 aliphatic heterocycles. The Kier molecular flexibility index (Phi) is 4.19. The number of nitrogens with zero attached hydrogens (tertiary/aromatic N) is 1. The number of nitrogens with one attached hydrogen (secondary N) is 1. The molecule has 18 heavy (non-hydrogen) atoms. The number of hydrogen-bond acceptors (Lipinski definition) is 2. The second-order valence-electron chi connectivity index (χ2n) is 4.36. The number of imidazole rings is 1. The molecule has 0 aliphatic rings. The lowest BCUT2D eigenvalue weighted by Gasteiger charge is -2.06. The van der Waals surface area contributed by atoms with Gasteiger partial charge in [-0.3, -0.25) is 0 Å². The summed E-state index contributed by atoms with van der Waals surface area (Å²) in [6.07, 6.45) is 0.874. The van der Waals surface area contributed by atoms with Crippen LogP contribution in [0.1, 0.15) is 30.8 Å². The van der Waals surface area contributed by atoms with Crippen molar-refractivity contribution in [3.05, 3.63) is 40.3 Å². The third-order valence-electron chi connectivity index (χ3n) is 3.13. The average Bonchev–Trinajstić information content (AvgIpc) is 2.73. The lowest BCUT2D eigenvalue weighted by molar-refractivity contribution is 0.258. The monoisotopic (exact) mass is 308 g/mol. The number of halogens is 1. The van der Waals surface area contributed by atoms with Gasteiger partial charge in [-0.15, -0.1) is 0 Å². The summed E-state index contributed by atoms with van der Waals surface area (Å²) < 4.78 is 1.03. The fourth-order valence-electron chi connectivity index (χ4n) is 2.00. The van der Waals surface area contributed by atoms with Crippen LogP contribution in [0, 0.1) is 6.92 Å². The molecule has 1 unspecified atom stereocenters. The molecular formula is C14H17BrN2O. The van der Waals surface area contributed by atoms with Gasteiger partial charge in [-0.2, -0.15) is 0 Å². The van der Waals surface area contributed by atoms with Gasteiger partial charge >= 0.3 is 0 Å². The van der Waals surface area contributed by atoms with Gasteiger partial charge < -0.3 is 10.1 Å². The second-order valence-corrected chi connectivity index (χ2v) is 5.22. The van der Waals surface area contributed by atoms with E-state index in [-0.39, 0.29) is 12.5 Å². The highest BCUT2D eigenvalue weighted by molar-refractivity contribution is 9.10. The highest BCUT2D eigenvalue weighted by Gasteiger charge is 2.16. The Morgan fingerprint density at radius 1 is 1.39 bits per heavy atom. The predicted molar refractivity (Wildman–Crippen MR) is 76.6 cm³/mol. The van der Waals surface area contributed by atoms with E-state index in [0.717, 1.165) is 33.7 Å². The summed E-state index contributed by atoms with van der Waals surface area (Å²) in [4.78, 5) is 7.92. The second kappa shape index (κ2) is 5.67. The standard InChI is InChI=1S/C14H17BrN2O/c1-3-10(8-18)14-16-9(2)13(17-14)11-6-4-5-7-12(11)15/h4-7,10,18H,3,8H2,1-2H3,(H,16,17). The molecule has 1 aromatic carbocycles. The molecule has 0 amide bonds. The van der Waals surface area contributed by atoms with Gasteiger partial charge in [0, 0.05) is 21.6 Å². The number of benzene rings is 1. The summed E-state index contributed by atoms with van der Waals surface area (Å²) in [5.41, 5.74) is 3.05. The molecule has 2 aromatic rings. The number of aryl methyl sites for hydroxylation is 1. The van der Waals surface area contributed by atoms with E-state index in [1.165, 1.54) is 0 Å². The fraction of sp³-hybridized carbons (Fsp3) is 0.357. The number of aromatic nitrogens is 2. The zero-order valence-corrected chi connectivity index (χ0v) is 12.2. The van der Waals surface area contributed by atoms with Crippen molar-refractivity contribution in [3.63, 3.8) is 0 Å². The highest BCUT2D eigenvalue weighted by Crippen LogP contribution is 2.30. The molecule has 0 spiro atoms. The minimum Gasteiger partial charge on any atom is -0.396 e. The number of aromatic amines is 1. The Balaban J connectivity index is 2.44. The Hall–Kier alpha value is -1.13. The normalized spacial score (nSPS) is 12.7. The topological polar surface area (TPSA) is 48.9 Å². The molecule has 0 bridgehead atoms. The maximum atomic E-state index is 9.34. The minimum atomic E-state index is 0.0833. The van der Waals surface area contributed by atoms with Crippen LogP contribution in [0.25, 0.3) is 11.3 Å². The van der Waals surface area contributed by atoms with Crippen molar-refractivity contribution < 1.29 is 5.11 Å². The molecule has 0 fully saturated rings. The molecule has 4 heteroatoms. The van der Waals surface area contributed by atoms with Crippen molar-refractivity contribution in [3.8, 4) is 11.3 Å². The van der Waals surface area contributed by atoms with Crippen molar-refractivity contribution >= 4 is 15.9 Å².